The van der Waals surface area contributed by atoms with Gasteiger partial charge in [-0.2, -0.15) is 0 Å². The lowest BCUT2D eigenvalue weighted by Crippen LogP contribution is -2.35. The van der Waals surface area contributed by atoms with Crippen LogP contribution < -0.4 is 21.3 Å². The van der Waals surface area contributed by atoms with E-state index in [0.717, 1.165) is 76.3 Å². The molecule has 5 aromatic rings. The Morgan fingerprint density at radius 1 is 0.702 bits per heavy atom. The third-order valence-corrected chi connectivity index (χ3v) is 9.72. The molecule has 7 rings (SSSR count). The lowest BCUT2D eigenvalue weighted by molar-refractivity contribution is -0.120. The molecule has 2 atom stereocenters. The van der Waals surface area contributed by atoms with Gasteiger partial charge in [0.15, 0.2) is 11.5 Å². The topological polar surface area (TPSA) is 112 Å². The van der Waals surface area contributed by atoms with E-state index < -0.39 is 0 Å². The highest BCUT2D eigenvalue weighted by Crippen LogP contribution is 2.42. The molecule has 0 spiro atoms. The number of rotatable bonds is 11. The van der Waals surface area contributed by atoms with Gasteiger partial charge in [-0.05, 0) is 41.7 Å². The van der Waals surface area contributed by atoms with Crippen LogP contribution in [0, 0.1) is 0 Å². The Hall–Kier alpha value is -4.28. The average Bonchev–Trinajstić information content (AvgIpc) is 3.81. The van der Waals surface area contributed by atoms with Gasteiger partial charge in [-0.3, -0.25) is 14.0 Å². The number of nitrogens with one attached hydrogen (secondary N) is 4. The summed E-state index contributed by atoms with van der Waals surface area (Å²) in [6.07, 6.45) is 4.89. The Kier molecular flexibility index (Phi) is 9.22. The van der Waals surface area contributed by atoms with E-state index in [1.807, 2.05) is 59.1 Å². The van der Waals surface area contributed by atoms with Crippen molar-refractivity contribution in [3.8, 4) is 33.4 Å². The number of nitrogens with zero attached hydrogens (tertiary/aromatic N) is 3. The Morgan fingerprint density at radius 3 is 1.87 bits per heavy atom. The predicted octanol–water partition coefficient (Wildman–Crippen LogP) is 5.77. The Labute approximate surface area is 283 Å². The molecule has 240 valence electrons. The van der Waals surface area contributed by atoms with E-state index in [-0.39, 0.29) is 23.9 Å². The fourth-order valence-corrected chi connectivity index (χ4v) is 7.04. The second kappa shape index (κ2) is 13.8. The first-order chi connectivity index (χ1) is 22.9. The minimum absolute atomic E-state index is 0.110. The summed E-state index contributed by atoms with van der Waals surface area (Å²) in [5, 5.41) is 22.8. The second-order valence-corrected chi connectivity index (χ2v) is 12.9. The summed E-state index contributed by atoms with van der Waals surface area (Å²) in [4.78, 5) is 22.9. The normalized spacial score (nSPS) is 17.7. The van der Waals surface area contributed by atoms with Crippen molar-refractivity contribution in [3.05, 3.63) is 100 Å². The number of carbonyl (C=O) groups excluding carboxylic acids is 2. The number of fused-ring (bicyclic) bond motifs is 1. The van der Waals surface area contributed by atoms with Crippen LogP contribution in [0.4, 0.5) is 0 Å². The zero-order valence-electron chi connectivity index (χ0n) is 25.7. The van der Waals surface area contributed by atoms with Crippen molar-refractivity contribution in [2.45, 2.75) is 50.9 Å². The molecule has 2 saturated heterocycles. The largest absolute Gasteiger partial charge is 0.352 e. The van der Waals surface area contributed by atoms with Crippen LogP contribution >= 0.6 is 23.2 Å². The molecule has 4 heterocycles. The van der Waals surface area contributed by atoms with E-state index in [9.17, 15) is 9.59 Å². The molecule has 2 aliphatic heterocycles. The molecule has 2 fully saturated rings. The molecule has 0 unspecified atom stereocenters. The van der Waals surface area contributed by atoms with Gasteiger partial charge in [-0.15, -0.1) is 10.2 Å². The molecule has 2 aromatic heterocycles. The second-order valence-electron chi connectivity index (χ2n) is 12.2. The van der Waals surface area contributed by atoms with Gasteiger partial charge in [-0.1, -0.05) is 83.9 Å². The summed E-state index contributed by atoms with van der Waals surface area (Å²) in [6.45, 7) is 2.72. The maximum absolute atomic E-state index is 11.5. The van der Waals surface area contributed by atoms with Crippen molar-refractivity contribution < 1.29 is 9.59 Å². The maximum Gasteiger partial charge on any atom is 0.220 e. The Balaban J connectivity index is 1.06. The third kappa shape index (κ3) is 6.89. The molecule has 47 heavy (non-hydrogen) atoms. The average molecular weight is 669 g/mol. The van der Waals surface area contributed by atoms with Crippen LogP contribution in [-0.2, 0) is 22.7 Å². The van der Waals surface area contributed by atoms with Crippen molar-refractivity contribution >= 4 is 40.7 Å². The number of halogens is 2. The van der Waals surface area contributed by atoms with Crippen LogP contribution in [0.5, 0.6) is 0 Å². The molecule has 2 aliphatic rings. The van der Waals surface area contributed by atoms with E-state index in [2.05, 4.69) is 55.7 Å². The minimum atomic E-state index is 0.110. The molecule has 3 aromatic carbocycles. The highest BCUT2D eigenvalue weighted by Gasteiger charge is 2.21. The smallest absolute Gasteiger partial charge is 0.220 e. The number of hydrogen-bond donors (Lipinski definition) is 4. The predicted molar refractivity (Wildman–Crippen MR) is 185 cm³/mol. The molecule has 4 N–H and O–H groups in total. The summed E-state index contributed by atoms with van der Waals surface area (Å²) in [5.74, 6) is 1.04. The van der Waals surface area contributed by atoms with Crippen molar-refractivity contribution in [2.24, 2.45) is 0 Å². The van der Waals surface area contributed by atoms with Gasteiger partial charge < -0.3 is 21.3 Å². The first-order valence-corrected chi connectivity index (χ1v) is 16.7. The standard InChI is InChI=1S/C36H35Cl2N7O2/c37-35-27(23-9-7-22(8-10-23)18-39-19-25-11-13-33(46)41-25)3-1-5-29(35)30-6-2-4-28(36(30)38)24-15-16-45-31(17-24)43-44-32(45)21-40-20-26-12-14-34(47)42-26/h1-10,15-17,25-26,39-40H,11-14,18-21H2,(H,41,46)(H,42,47)/t25-,26-/m0/s1. The maximum atomic E-state index is 11.5. The summed E-state index contributed by atoms with van der Waals surface area (Å²) in [7, 11) is 0. The molecule has 2 amide bonds. The van der Waals surface area contributed by atoms with Gasteiger partial charge >= 0.3 is 0 Å². The summed E-state index contributed by atoms with van der Waals surface area (Å²) in [5.41, 5.74) is 7.34. The Morgan fingerprint density at radius 2 is 1.28 bits per heavy atom. The van der Waals surface area contributed by atoms with E-state index in [1.165, 1.54) is 0 Å². The number of aromatic nitrogens is 3. The molecule has 0 saturated carbocycles. The number of hydrogen-bond acceptors (Lipinski definition) is 6. The molecule has 0 aliphatic carbocycles. The van der Waals surface area contributed by atoms with Crippen LogP contribution in [0.3, 0.4) is 0 Å². The van der Waals surface area contributed by atoms with E-state index in [0.29, 0.717) is 36.0 Å². The zero-order chi connectivity index (χ0) is 32.3. The van der Waals surface area contributed by atoms with Gasteiger partial charge in [0.2, 0.25) is 11.8 Å². The van der Waals surface area contributed by atoms with Crippen LogP contribution in [0.2, 0.25) is 10.0 Å². The number of benzene rings is 3. The van der Waals surface area contributed by atoms with E-state index in [1.54, 1.807) is 0 Å². The van der Waals surface area contributed by atoms with E-state index >= 15 is 0 Å². The van der Waals surface area contributed by atoms with Crippen molar-refractivity contribution in [1.82, 2.24) is 35.9 Å². The SMILES string of the molecule is O=C1CC[C@@H](CNCc2ccc(-c3cccc(-c4cccc(-c5ccn6c(CNC[C@@H]7CCC(=O)N7)nnc6c5)c4Cl)c3Cl)cc2)N1. The van der Waals surface area contributed by atoms with Gasteiger partial charge in [0.25, 0.3) is 0 Å². The lowest BCUT2D eigenvalue weighted by atomic mass is 9.95. The summed E-state index contributed by atoms with van der Waals surface area (Å²) < 4.78 is 1.96. The first-order valence-electron chi connectivity index (χ1n) is 15.9. The number of carbonyl (C=O) groups is 2. The summed E-state index contributed by atoms with van der Waals surface area (Å²) >= 11 is 14.2. The van der Waals surface area contributed by atoms with Gasteiger partial charge in [0, 0.05) is 73.0 Å². The summed E-state index contributed by atoms with van der Waals surface area (Å²) in [6, 6.07) is 24.7. The van der Waals surface area contributed by atoms with Crippen LogP contribution in [-0.4, -0.2) is 51.6 Å². The van der Waals surface area contributed by atoms with E-state index in [4.69, 9.17) is 23.2 Å². The molecule has 9 nitrogen and oxygen atoms in total. The minimum Gasteiger partial charge on any atom is -0.352 e. The van der Waals surface area contributed by atoms with Gasteiger partial charge in [0.05, 0.1) is 16.6 Å². The third-order valence-electron chi connectivity index (χ3n) is 8.91. The zero-order valence-corrected chi connectivity index (χ0v) is 27.2. The van der Waals surface area contributed by atoms with Crippen LogP contribution in [0.15, 0.2) is 79.0 Å². The number of amides is 2. The molecule has 11 heteroatoms. The molecular weight excluding hydrogens is 633 g/mol. The highest BCUT2D eigenvalue weighted by molar-refractivity contribution is 6.39. The molecule has 0 radical (unpaired) electrons. The molecule has 0 bridgehead atoms. The van der Waals surface area contributed by atoms with Crippen molar-refractivity contribution in [1.29, 1.82) is 0 Å². The van der Waals surface area contributed by atoms with Gasteiger partial charge in [-0.25, -0.2) is 0 Å². The van der Waals surface area contributed by atoms with Crippen LogP contribution in [0.25, 0.3) is 39.0 Å². The fourth-order valence-electron chi connectivity index (χ4n) is 6.37. The Bertz CT molecular complexity index is 1940. The van der Waals surface area contributed by atoms with Crippen molar-refractivity contribution in [2.75, 3.05) is 13.1 Å². The lowest BCUT2D eigenvalue weighted by Gasteiger charge is -2.15. The monoisotopic (exact) mass is 667 g/mol. The quantitative estimate of drug-likeness (QED) is 0.142. The van der Waals surface area contributed by atoms with Crippen LogP contribution in [0.1, 0.15) is 37.1 Å². The number of pyridine rings is 1. The van der Waals surface area contributed by atoms with Crippen molar-refractivity contribution in [3.63, 3.8) is 0 Å². The fraction of sp³-hybridized carbons (Fsp3) is 0.278. The highest BCUT2D eigenvalue weighted by atomic mass is 35.5. The van der Waals surface area contributed by atoms with Gasteiger partial charge in [0.1, 0.15) is 0 Å². The molecular formula is C36H35Cl2N7O2. The first kappa shape index (κ1) is 31.3.